The third-order valence-electron chi connectivity index (χ3n) is 6.41. The topological polar surface area (TPSA) is 84.6 Å². The summed E-state index contributed by atoms with van der Waals surface area (Å²) in [5, 5.41) is 27.9. The van der Waals surface area contributed by atoms with Crippen LogP contribution in [0.3, 0.4) is 0 Å². The maximum absolute atomic E-state index is 13.4. The van der Waals surface area contributed by atoms with Crippen molar-refractivity contribution in [3.63, 3.8) is 0 Å². The fourth-order valence-corrected chi connectivity index (χ4v) is 4.46. The predicted octanol–water partition coefficient (Wildman–Crippen LogP) is 4.13. The van der Waals surface area contributed by atoms with Crippen molar-refractivity contribution < 1.29 is 14.8 Å². The van der Waals surface area contributed by atoms with Crippen molar-refractivity contribution >= 4 is 24.2 Å². The Morgan fingerprint density at radius 2 is 1.55 bits per heavy atom. The smallest absolute Gasteiger partial charge is 0.423 e. The Balaban J connectivity index is 1.60. The lowest BCUT2D eigenvalue weighted by molar-refractivity contribution is 0.0985. The van der Waals surface area contributed by atoms with Crippen LogP contribution >= 0.6 is 0 Å². The normalized spacial score (nSPS) is 13.8. The summed E-state index contributed by atoms with van der Waals surface area (Å²) < 4.78 is 0. The third-order valence-corrected chi connectivity index (χ3v) is 6.41. The molecule has 6 heteroatoms. The molecule has 5 nitrogen and oxygen atoms in total. The summed E-state index contributed by atoms with van der Waals surface area (Å²) in [5.41, 5.74) is 4.38. The molecule has 0 radical (unpaired) electrons. The van der Waals surface area contributed by atoms with Gasteiger partial charge in [-0.1, -0.05) is 55.7 Å². The molecule has 4 rings (SSSR count). The molecule has 0 aromatic heterocycles. The van der Waals surface area contributed by atoms with E-state index < -0.39 is 7.12 Å². The molecule has 1 saturated carbocycles. The molecule has 166 valence electrons. The summed E-state index contributed by atoms with van der Waals surface area (Å²) in [6, 6.07) is 23.8. The maximum Gasteiger partial charge on any atom is 0.488 e. The number of benzene rings is 3. The maximum atomic E-state index is 13.4. The summed E-state index contributed by atoms with van der Waals surface area (Å²) in [5.74, 6) is 0.440. The number of hydrogen-bond donors (Lipinski definition) is 2. The number of carbonyl (C=O) groups excluding carboxylic acids is 1. The fourth-order valence-electron chi connectivity index (χ4n) is 4.46. The van der Waals surface area contributed by atoms with Gasteiger partial charge in [0.1, 0.15) is 0 Å². The molecule has 1 fully saturated rings. The number of rotatable bonds is 6. The molecule has 0 saturated heterocycles. The van der Waals surface area contributed by atoms with Gasteiger partial charge in [-0.3, -0.25) is 4.79 Å². The van der Waals surface area contributed by atoms with Crippen molar-refractivity contribution in [2.45, 2.75) is 44.6 Å². The number of carbonyl (C=O) groups is 1. The lowest BCUT2D eigenvalue weighted by atomic mass is 9.80. The first kappa shape index (κ1) is 22.8. The molecular weight excluding hydrogens is 411 g/mol. The fraction of sp³-hybridized carbons (Fsp3) is 0.259. The van der Waals surface area contributed by atoms with Crippen LogP contribution in [0.5, 0.6) is 0 Å². The second-order valence-electron chi connectivity index (χ2n) is 8.62. The van der Waals surface area contributed by atoms with Crippen LogP contribution in [0.25, 0.3) is 0 Å². The van der Waals surface area contributed by atoms with Crippen molar-refractivity contribution in [3.8, 4) is 6.07 Å². The van der Waals surface area contributed by atoms with Gasteiger partial charge in [-0.25, -0.2) is 0 Å². The molecule has 1 aliphatic rings. The van der Waals surface area contributed by atoms with Crippen LogP contribution in [-0.2, 0) is 6.54 Å². The lowest BCUT2D eigenvalue weighted by Gasteiger charge is -2.25. The SMILES string of the molecule is N#Cc1ccc(C(=O)N(Cc2ccc(C3CCCCC3)cc2)c2ccc(B(O)O)cc2)cc1. The van der Waals surface area contributed by atoms with E-state index in [0.717, 1.165) is 5.56 Å². The molecule has 0 bridgehead atoms. The summed E-state index contributed by atoms with van der Waals surface area (Å²) >= 11 is 0. The van der Waals surface area contributed by atoms with Crippen LogP contribution in [-0.4, -0.2) is 23.1 Å². The summed E-state index contributed by atoms with van der Waals surface area (Å²) in [6.07, 6.45) is 6.39. The molecule has 33 heavy (non-hydrogen) atoms. The largest absolute Gasteiger partial charge is 0.488 e. The molecule has 3 aromatic rings. The number of hydrogen-bond acceptors (Lipinski definition) is 4. The van der Waals surface area contributed by atoms with Gasteiger partial charge >= 0.3 is 7.12 Å². The van der Waals surface area contributed by atoms with Crippen LogP contribution in [0.2, 0.25) is 0 Å². The Hall–Kier alpha value is -3.40. The van der Waals surface area contributed by atoms with Gasteiger partial charge in [0.05, 0.1) is 18.2 Å². The van der Waals surface area contributed by atoms with Gasteiger partial charge in [-0.2, -0.15) is 5.26 Å². The number of amides is 1. The molecule has 1 amide bonds. The van der Waals surface area contributed by atoms with Gasteiger partial charge in [-0.15, -0.1) is 0 Å². The van der Waals surface area contributed by atoms with Gasteiger partial charge in [0.15, 0.2) is 0 Å². The van der Waals surface area contributed by atoms with Crippen molar-refractivity contribution in [2.24, 2.45) is 0 Å². The third kappa shape index (κ3) is 5.51. The Kier molecular flexibility index (Phi) is 7.24. The van der Waals surface area contributed by atoms with Crippen molar-refractivity contribution in [3.05, 3.63) is 95.1 Å². The van der Waals surface area contributed by atoms with E-state index in [9.17, 15) is 14.8 Å². The second kappa shape index (κ2) is 10.5. The molecule has 1 aliphatic carbocycles. The minimum atomic E-state index is -1.56. The van der Waals surface area contributed by atoms with E-state index in [1.807, 2.05) is 0 Å². The minimum absolute atomic E-state index is 0.187. The lowest BCUT2D eigenvalue weighted by Crippen LogP contribution is -2.32. The molecule has 0 unspecified atom stereocenters. The Morgan fingerprint density at radius 3 is 2.12 bits per heavy atom. The van der Waals surface area contributed by atoms with E-state index in [2.05, 4.69) is 30.3 Å². The zero-order valence-corrected chi connectivity index (χ0v) is 18.5. The van der Waals surface area contributed by atoms with E-state index in [-0.39, 0.29) is 5.91 Å². The predicted molar refractivity (Wildman–Crippen MR) is 130 cm³/mol. The van der Waals surface area contributed by atoms with Gasteiger partial charge in [-0.05, 0) is 71.7 Å². The van der Waals surface area contributed by atoms with E-state index in [4.69, 9.17) is 5.26 Å². The van der Waals surface area contributed by atoms with Gasteiger partial charge in [0, 0.05) is 11.3 Å². The van der Waals surface area contributed by atoms with Gasteiger partial charge in [0.25, 0.3) is 5.91 Å². The van der Waals surface area contributed by atoms with Crippen LogP contribution in [0, 0.1) is 11.3 Å². The monoisotopic (exact) mass is 438 g/mol. The first-order valence-electron chi connectivity index (χ1n) is 11.4. The highest BCUT2D eigenvalue weighted by Gasteiger charge is 2.20. The highest BCUT2D eigenvalue weighted by molar-refractivity contribution is 6.58. The second-order valence-corrected chi connectivity index (χ2v) is 8.62. The quantitative estimate of drug-likeness (QED) is 0.567. The van der Waals surface area contributed by atoms with Crippen LogP contribution in [0.1, 0.15) is 65.1 Å². The van der Waals surface area contributed by atoms with Crippen molar-refractivity contribution in [1.82, 2.24) is 0 Å². The van der Waals surface area contributed by atoms with Gasteiger partial charge < -0.3 is 14.9 Å². The summed E-state index contributed by atoms with van der Waals surface area (Å²) in [7, 11) is -1.56. The standard InChI is InChI=1S/C27H27BN2O3/c29-18-20-6-12-24(13-7-20)27(31)30(26-16-14-25(15-17-26)28(32)33)19-21-8-10-23(11-9-21)22-4-2-1-3-5-22/h6-17,22,32-33H,1-5,19H2. The number of nitrogens with zero attached hydrogens (tertiary/aromatic N) is 2. The molecule has 2 N–H and O–H groups in total. The highest BCUT2D eigenvalue weighted by atomic mass is 16.4. The van der Waals surface area contributed by atoms with Gasteiger partial charge in [0.2, 0.25) is 0 Å². The van der Waals surface area contributed by atoms with E-state index in [1.54, 1.807) is 53.4 Å². The van der Waals surface area contributed by atoms with Crippen LogP contribution < -0.4 is 10.4 Å². The van der Waals surface area contributed by atoms with Crippen molar-refractivity contribution in [1.29, 1.82) is 5.26 Å². The molecule has 3 aromatic carbocycles. The van der Waals surface area contributed by atoms with E-state index >= 15 is 0 Å². The average Bonchev–Trinajstić information content (AvgIpc) is 2.88. The number of anilines is 1. The van der Waals surface area contributed by atoms with Crippen LogP contribution in [0.15, 0.2) is 72.8 Å². The zero-order chi connectivity index (χ0) is 23.2. The molecule has 0 heterocycles. The first-order valence-corrected chi connectivity index (χ1v) is 11.4. The molecular formula is C27H27BN2O3. The van der Waals surface area contributed by atoms with Crippen LogP contribution in [0.4, 0.5) is 5.69 Å². The summed E-state index contributed by atoms with van der Waals surface area (Å²) in [4.78, 5) is 15.1. The van der Waals surface area contributed by atoms with Crippen molar-refractivity contribution in [2.75, 3.05) is 4.90 Å². The average molecular weight is 438 g/mol. The Labute approximate surface area is 195 Å². The summed E-state index contributed by atoms with van der Waals surface area (Å²) in [6.45, 7) is 0.380. The highest BCUT2D eigenvalue weighted by Crippen LogP contribution is 2.32. The van der Waals surface area contributed by atoms with E-state index in [1.165, 1.54) is 37.7 Å². The minimum Gasteiger partial charge on any atom is -0.423 e. The number of nitriles is 1. The first-order chi connectivity index (χ1) is 16.0. The molecule has 0 spiro atoms. The zero-order valence-electron chi connectivity index (χ0n) is 18.5. The molecule has 0 atom stereocenters. The Morgan fingerprint density at radius 1 is 0.909 bits per heavy atom. The van der Waals surface area contributed by atoms with E-state index in [0.29, 0.717) is 34.7 Å². The molecule has 0 aliphatic heterocycles. The Bertz CT molecular complexity index is 1110.